The number of benzene rings is 1. The zero-order valence-electron chi connectivity index (χ0n) is 18.1. The van der Waals surface area contributed by atoms with Crippen LogP contribution < -0.4 is 15.0 Å². The van der Waals surface area contributed by atoms with Crippen LogP contribution in [0.25, 0.3) is 0 Å². The fourth-order valence-corrected chi connectivity index (χ4v) is 4.15. The van der Waals surface area contributed by atoms with Crippen molar-refractivity contribution in [1.29, 1.82) is 0 Å². The Labute approximate surface area is 174 Å². The van der Waals surface area contributed by atoms with Crippen LogP contribution in [0.3, 0.4) is 0 Å². The van der Waals surface area contributed by atoms with Crippen molar-refractivity contribution in [3.63, 3.8) is 0 Å². The molecule has 29 heavy (non-hydrogen) atoms. The second-order valence-corrected chi connectivity index (χ2v) is 8.02. The molecule has 0 unspecified atom stereocenters. The maximum Gasteiger partial charge on any atom is 0.317 e. The molecule has 2 heterocycles. The third kappa shape index (κ3) is 5.76. The van der Waals surface area contributed by atoms with Gasteiger partial charge in [0.25, 0.3) is 0 Å². The molecule has 2 amide bonds. The van der Waals surface area contributed by atoms with Gasteiger partial charge in [0.15, 0.2) is 0 Å². The lowest BCUT2D eigenvalue weighted by Gasteiger charge is -2.39. The number of nitrogens with one attached hydrogen (secondary N) is 1. The fraction of sp³-hybridized carbons (Fsp3) is 0.682. The average Bonchev–Trinajstić information content (AvgIpc) is 2.75. The summed E-state index contributed by atoms with van der Waals surface area (Å²) >= 11 is 0. The number of hydrogen-bond donors (Lipinski definition) is 1. The summed E-state index contributed by atoms with van der Waals surface area (Å²) in [5.74, 6) is 1.40. The lowest BCUT2D eigenvalue weighted by molar-refractivity contribution is 0.00693. The van der Waals surface area contributed by atoms with Crippen LogP contribution in [0.4, 0.5) is 10.5 Å². The molecule has 7 nitrogen and oxygen atoms in total. The quantitative estimate of drug-likeness (QED) is 0.756. The largest absolute Gasteiger partial charge is 0.492 e. The number of carbonyl (C=O) groups excluding carboxylic acids is 1. The van der Waals surface area contributed by atoms with Crippen LogP contribution in [-0.2, 0) is 4.74 Å². The second kappa shape index (κ2) is 10.7. The topological polar surface area (TPSA) is 57.3 Å². The number of morpholine rings is 1. The molecule has 0 spiro atoms. The van der Waals surface area contributed by atoms with Crippen LogP contribution >= 0.6 is 0 Å². The highest BCUT2D eigenvalue weighted by molar-refractivity contribution is 5.74. The van der Waals surface area contributed by atoms with E-state index in [2.05, 4.69) is 35.0 Å². The number of urea groups is 1. The van der Waals surface area contributed by atoms with E-state index in [1.165, 1.54) is 0 Å². The number of hydrogen-bond acceptors (Lipinski definition) is 5. The lowest BCUT2D eigenvalue weighted by atomic mass is 10.0. The van der Waals surface area contributed by atoms with Crippen molar-refractivity contribution < 1.29 is 14.3 Å². The lowest BCUT2D eigenvalue weighted by Crippen LogP contribution is -2.55. The zero-order valence-corrected chi connectivity index (χ0v) is 18.1. The van der Waals surface area contributed by atoms with E-state index in [0.29, 0.717) is 25.1 Å². The van der Waals surface area contributed by atoms with Crippen molar-refractivity contribution in [2.45, 2.75) is 26.8 Å². The molecule has 1 aromatic rings. The Balaban J connectivity index is 1.49. The molecule has 1 N–H and O–H groups in total. The van der Waals surface area contributed by atoms with Crippen LogP contribution in [0.15, 0.2) is 24.3 Å². The molecule has 0 radical (unpaired) electrons. The van der Waals surface area contributed by atoms with Crippen molar-refractivity contribution in [2.24, 2.45) is 5.92 Å². The molecule has 0 bridgehead atoms. The van der Waals surface area contributed by atoms with E-state index in [1.807, 2.05) is 30.0 Å². The first-order chi connectivity index (χ1) is 14.1. The number of nitrogens with zero attached hydrogens (tertiary/aromatic N) is 3. The van der Waals surface area contributed by atoms with Gasteiger partial charge >= 0.3 is 6.03 Å². The van der Waals surface area contributed by atoms with Crippen molar-refractivity contribution in [3.05, 3.63) is 24.3 Å². The van der Waals surface area contributed by atoms with E-state index in [0.717, 1.165) is 63.9 Å². The predicted octanol–water partition coefficient (Wildman–Crippen LogP) is 2.27. The van der Waals surface area contributed by atoms with Crippen LogP contribution in [-0.4, -0.2) is 87.5 Å². The Morgan fingerprint density at radius 2 is 1.79 bits per heavy atom. The summed E-state index contributed by atoms with van der Waals surface area (Å²) in [5.41, 5.74) is 1.11. The molecular formula is C22H36N4O3. The molecule has 0 aliphatic carbocycles. The number of rotatable bonds is 7. The van der Waals surface area contributed by atoms with Crippen LogP contribution in [0.1, 0.15) is 20.8 Å². The van der Waals surface area contributed by atoms with E-state index in [-0.39, 0.29) is 6.03 Å². The van der Waals surface area contributed by atoms with E-state index in [1.54, 1.807) is 0 Å². The highest BCUT2D eigenvalue weighted by Crippen LogP contribution is 2.28. The maximum absolute atomic E-state index is 12.7. The van der Waals surface area contributed by atoms with Gasteiger partial charge in [0.2, 0.25) is 0 Å². The molecule has 3 rings (SSSR count). The Morgan fingerprint density at radius 1 is 1.10 bits per heavy atom. The van der Waals surface area contributed by atoms with Crippen molar-refractivity contribution in [1.82, 2.24) is 15.1 Å². The highest BCUT2D eigenvalue weighted by Gasteiger charge is 2.27. The Bertz CT molecular complexity index is 641. The minimum atomic E-state index is 0.0432. The van der Waals surface area contributed by atoms with Gasteiger partial charge in [0.05, 0.1) is 25.5 Å². The zero-order chi connectivity index (χ0) is 20.6. The molecule has 2 aliphatic rings. The molecular weight excluding hydrogens is 368 g/mol. The molecule has 1 atom stereocenters. The molecule has 7 heteroatoms. The SMILES string of the molecule is CCOc1ccccc1N1CCN(C(=O)NC[C@@H](C(C)C)N2CCOCC2)CC1. The molecule has 0 aromatic heterocycles. The number of carbonyl (C=O) groups is 1. The molecule has 2 aliphatic heterocycles. The predicted molar refractivity (Wildman–Crippen MR) is 116 cm³/mol. The minimum Gasteiger partial charge on any atom is -0.492 e. The number of piperazine rings is 1. The van der Waals surface area contributed by atoms with E-state index in [4.69, 9.17) is 9.47 Å². The van der Waals surface area contributed by atoms with Crippen molar-refractivity contribution >= 4 is 11.7 Å². The van der Waals surface area contributed by atoms with Gasteiger partial charge in [-0.05, 0) is 25.0 Å². The van der Waals surface area contributed by atoms with Gasteiger partial charge in [0.1, 0.15) is 5.75 Å². The molecule has 1 aromatic carbocycles. The summed E-state index contributed by atoms with van der Waals surface area (Å²) in [5, 5.41) is 3.18. The van der Waals surface area contributed by atoms with Gasteiger partial charge < -0.3 is 24.6 Å². The minimum absolute atomic E-state index is 0.0432. The smallest absolute Gasteiger partial charge is 0.317 e. The van der Waals surface area contributed by atoms with Gasteiger partial charge in [-0.1, -0.05) is 26.0 Å². The van der Waals surface area contributed by atoms with E-state index < -0.39 is 0 Å². The summed E-state index contributed by atoms with van der Waals surface area (Å²) in [6, 6.07) is 8.53. The Hall–Kier alpha value is -1.99. The molecule has 2 saturated heterocycles. The summed E-state index contributed by atoms with van der Waals surface area (Å²) in [4.78, 5) is 19.4. The summed E-state index contributed by atoms with van der Waals surface area (Å²) in [6.45, 7) is 14.3. The summed E-state index contributed by atoms with van der Waals surface area (Å²) < 4.78 is 11.2. The van der Waals surface area contributed by atoms with Crippen LogP contribution in [0, 0.1) is 5.92 Å². The van der Waals surface area contributed by atoms with Gasteiger partial charge in [-0.3, -0.25) is 4.90 Å². The number of ether oxygens (including phenoxy) is 2. The number of amides is 2. The van der Waals surface area contributed by atoms with E-state index in [9.17, 15) is 4.79 Å². The molecule has 162 valence electrons. The van der Waals surface area contributed by atoms with Gasteiger partial charge in [-0.15, -0.1) is 0 Å². The molecule has 0 saturated carbocycles. The first-order valence-corrected chi connectivity index (χ1v) is 10.9. The average molecular weight is 405 g/mol. The Morgan fingerprint density at radius 3 is 2.45 bits per heavy atom. The normalized spacial score (nSPS) is 19.3. The highest BCUT2D eigenvalue weighted by atomic mass is 16.5. The third-order valence-electron chi connectivity index (χ3n) is 5.82. The third-order valence-corrected chi connectivity index (χ3v) is 5.82. The maximum atomic E-state index is 12.7. The standard InChI is InChI=1S/C22H36N4O3/c1-4-29-21-8-6-5-7-19(21)24-9-11-26(12-10-24)22(27)23-17-20(18(2)3)25-13-15-28-16-14-25/h5-8,18,20H,4,9-17H2,1-3H3,(H,23,27)/t20-/m0/s1. The van der Waals surface area contributed by atoms with Crippen molar-refractivity contribution in [2.75, 3.05) is 70.5 Å². The number of anilines is 1. The van der Waals surface area contributed by atoms with Crippen LogP contribution in [0.5, 0.6) is 5.75 Å². The first-order valence-electron chi connectivity index (χ1n) is 10.9. The second-order valence-electron chi connectivity index (χ2n) is 8.02. The molecule has 2 fully saturated rings. The first kappa shape index (κ1) is 21.7. The van der Waals surface area contributed by atoms with Gasteiger partial charge in [-0.2, -0.15) is 0 Å². The summed E-state index contributed by atoms with van der Waals surface area (Å²) in [7, 11) is 0. The van der Waals surface area contributed by atoms with Crippen LogP contribution in [0.2, 0.25) is 0 Å². The number of para-hydroxylation sites is 2. The fourth-order valence-electron chi connectivity index (χ4n) is 4.15. The summed E-state index contributed by atoms with van der Waals surface area (Å²) in [6.07, 6.45) is 0. The van der Waals surface area contributed by atoms with E-state index >= 15 is 0 Å². The van der Waals surface area contributed by atoms with Gasteiger partial charge in [-0.25, -0.2) is 4.79 Å². The van der Waals surface area contributed by atoms with Gasteiger partial charge in [0, 0.05) is 51.9 Å². The Kier molecular flexibility index (Phi) is 8.00. The van der Waals surface area contributed by atoms with Crippen molar-refractivity contribution in [3.8, 4) is 5.75 Å². The monoisotopic (exact) mass is 404 g/mol.